The Hall–Kier alpha value is -0.620. The van der Waals surface area contributed by atoms with E-state index >= 15 is 0 Å². The molecule has 0 radical (unpaired) electrons. The van der Waals surface area contributed by atoms with Crippen LogP contribution in [0.2, 0.25) is 0 Å². The highest BCUT2D eigenvalue weighted by atomic mass is 32.2. The molecule has 0 aromatic rings. The van der Waals surface area contributed by atoms with E-state index in [1.807, 2.05) is 6.92 Å². The van der Waals surface area contributed by atoms with Gasteiger partial charge in [-0.3, -0.25) is 4.79 Å². The average molecular weight is 276 g/mol. The van der Waals surface area contributed by atoms with E-state index in [0.717, 1.165) is 38.5 Å². The predicted octanol–water partition coefficient (Wildman–Crippen LogP) is 1.11. The standard InChI is InChI=1S/C12H24N2O3S/c1-3-4-9-13-12(15)10-14(18(2,16)17)11-7-5-6-8-11/h11H,3-10H2,1-2H3,(H,13,15). The fourth-order valence-electron chi connectivity index (χ4n) is 2.31. The van der Waals surface area contributed by atoms with E-state index in [1.54, 1.807) is 0 Å². The van der Waals surface area contributed by atoms with Gasteiger partial charge in [-0.05, 0) is 19.3 Å². The average Bonchev–Trinajstić information content (AvgIpc) is 2.77. The number of nitrogens with zero attached hydrogens (tertiary/aromatic N) is 1. The van der Waals surface area contributed by atoms with Crippen molar-refractivity contribution < 1.29 is 13.2 Å². The summed E-state index contributed by atoms with van der Waals surface area (Å²) in [5, 5.41) is 2.76. The van der Waals surface area contributed by atoms with Gasteiger partial charge in [0.15, 0.2) is 0 Å². The number of rotatable bonds is 7. The second-order valence-electron chi connectivity index (χ2n) is 4.95. The second kappa shape index (κ2) is 7.09. The van der Waals surface area contributed by atoms with E-state index in [9.17, 15) is 13.2 Å². The van der Waals surface area contributed by atoms with Crippen molar-refractivity contribution in [2.75, 3.05) is 19.3 Å². The van der Waals surface area contributed by atoms with Crippen molar-refractivity contribution in [3.63, 3.8) is 0 Å². The van der Waals surface area contributed by atoms with Crippen LogP contribution in [0.1, 0.15) is 45.4 Å². The van der Waals surface area contributed by atoms with Gasteiger partial charge in [0.25, 0.3) is 0 Å². The molecule has 0 unspecified atom stereocenters. The van der Waals surface area contributed by atoms with Crippen LogP contribution in [0.15, 0.2) is 0 Å². The van der Waals surface area contributed by atoms with Crippen molar-refractivity contribution in [3.8, 4) is 0 Å². The van der Waals surface area contributed by atoms with Gasteiger partial charge in [0.1, 0.15) is 0 Å². The largest absolute Gasteiger partial charge is 0.355 e. The number of sulfonamides is 1. The monoisotopic (exact) mass is 276 g/mol. The smallest absolute Gasteiger partial charge is 0.235 e. The molecule has 1 rings (SSSR count). The molecule has 0 saturated heterocycles. The lowest BCUT2D eigenvalue weighted by molar-refractivity contribution is -0.121. The van der Waals surface area contributed by atoms with E-state index in [0.29, 0.717) is 6.54 Å². The Balaban J connectivity index is 2.53. The lowest BCUT2D eigenvalue weighted by Gasteiger charge is -2.25. The van der Waals surface area contributed by atoms with E-state index in [1.165, 1.54) is 10.6 Å². The molecule has 1 saturated carbocycles. The third-order valence-corrected chi connectivity index (χ3v) is 4.59. The van der Waals surface area contributed by atoms with Gasteiger partial charge in [-0.2, -0.15) is 4.31 Å². The third kappa shape index (κ3) is 4.94. The van der Waals surface area contributed by atoms with Gasteiger partial charge in [-0.15, -0.1) is 0 Å². The predicted molar refractivity (Wildman–Crippen MR) is 71.7 cm³/mol. The van der Waals surface area contributed by atoms with Crippen molar-refractivity contribution in [2.45, 2.75) is 51.5 Å². The third-order valence-electron chi connectivity index (χ3n) is 3.31. The summed E-state index contributed by atoms with van der Waals surface area (Å²) < 4.78 is 24.8. The molecule has 0 aliphatic heterocycles. The first-order valence-electron chi connectivity index (χ1n) is 6.68. The number of hydrogen-bond donors (Lipinski definition) is 1. The summed E-state index contributed by atoms with van der Waals surface area (Å²) in [5.41, 5.74) is 0. The highest BCUT2D eigenvalue weighted by Crippen LogP contribution is 2.24. The number of carbonyl (C=O) groups excluding carboxylic acids is 1. The minimum atomic E-state index is -3.30. The van der Waals surface area contributed by atoms with E-state index in [2.05, 4.69) is 5.32 Å². The van der Waals surface area contributed by atoms with Crippen LogP contribution < -0.4 is 5.32 Å². The lowest BCUT2D eigenvalue weighted by Crippen LogP contribution is -2.45. The van der Waals surface area contributed by atoms with E-state index in [4.69, 9.17) is 0 Å². The fraction of sp³-hybridized carbons (Fsp3) is 0.917. The van der Waals surface area contributed by atoms with Crippen molar-refractivity contribution in [1.82, 2.24) is 9.62 Å². The SMILES string of the molecule is CCCCNC(=O)CN(C1CCCC1)S(C)(=O)=O. The van der Waals surface area contributed by atoms with Gasteiger partial charge in [0.2, 0.25) is 15.9 Å². The molecule has 106 valence electrons. The normalized spacial score (nSPS) is 17.3. The number of carbonyl (C=O) groups is 1. The van der Waals surface area contributed by atoms with Crippen LogP contribution in [0, 0.1) is 0 Å². The topological polar surface area (TPSA) is 66.5 Å². The Labute approximate surface area is 110 Å². The molecule has 0 spiro atoms. The van der Waals surface area contributed by atoms with Gasteiger partial charge in [0, 0.05) is 12.6 Å². The maximum absolute atomic E-state index is 11.7. The highest BCUT2D eigenvalue weighted by molar-refractivity contribution is 7.88. The summed E-state index contributed by atoms with van der Waals surface area (Å²) in [7, 11) is -3.30. The fourth-order valence-corrected chi connectivity index (χ4v) is 3.42. The summed E-state index contributed by atoms with van der Waals surface area (Å²) in [5.74, 6) is -0.194. The number of nitrogens with one attached hydrogen (secondary N) is 1. The number of unbranched alkanes of at least 4 members (excludes halogenated alkanes) is 1. The molecule has 1 aliphatic rings. The zero-order valence-corrected chi connectivity index (χ0v) is 12.1. The molecule has 0 aromatic carbocycles. The molecule has 0 bridgehead atoms. The molecule has 1 N–H and O–H groups in total. The van der Waals surface area contributed by atoms with Crippen molar-refractivity contribution >= 4 is 15.9 Å². The minimum absolute atomic E-state index is 0.0110. The highest BCUT2D eigenvalue weighted by Gasteiger charge is 2.30. The first-order valence-corrected chi connectivity index (χ1v) is 8.53. The molecule has 1 aliphatic carbocycles. The van der Waals surface area contributed by atoms with Crippen molar-refractivity contribution in [1.29, 1.82) is 0 Å². The van der Waals surface area contributed by atoms with Crippen molar-refractivity contribution in [3.05, 3.63) is 0 Å². The first-order chi connectivity index (χ1) is 8.45. The second-order valence-corrected chi connectivity index (χ2v) is 6.89. The van der Waals surface area contributed by atoms with Crippen LogP contribution in [0.4, 0.5) is 0 Å². The quantitative estimate of drug-likeness (QED) is 0.708. The van der Waals surface area contributed by atoms with Crippen LogP contribution in [0.5, 0.6) is 0 Å². The minimum Gasteiger partial charge on any atom is -0.355 e. The molecule has 0 atom stereocenters. The molecule has 5 nitrogen and oxygen atoms in total. The van der Waals surface area contributed by atoms with E-state index < -0.39 is 10.0 Å². The Morgan fingerprint density at radius 2 is 1.94 bits per heavy atom. The van der Waals surface area contributed by atoms with Gasteiger partial charge in [-0.1, -0.05) is 26.2 Å². The van der Waals surface area contributed by atoms with Crippen LogP contribution in [-0.2, 0) is 14.8 Å². The Kier molecular flexibility index (Phi) is 6.08. The van der Waals surface area contributed by atoms with Crippen molar-refractivity contribution in [2.24, 2.45) is 0 Å². The van der Waals surface area contributed by atoms with Gasteiger partial charge in [0.05, 0.1) is 12.8 Å². The molecule has 6 heteroatoms. The Bertz CT molecular complexity index is 362. The van der Waals surface area contributed by atoms with Gasteiger partial charge < -0.3 is 5.32 Å². The number of hydrogen-bond acceptors (Lipinski definition) is 3. The summed E-state index contributed by atoms with van der Waals surface area (Å²) >= 11 is 0. The van der Waals surface area contributed by atoms with Crippen LogP contribution in [0.3, 0.4) is 0 Å². The zero-order valence-electron chi connectivity index (χ0n) is 11.3. The van der Waals surface area contributed by atoms with Crippen LogP contribution in [0.25, 0.3) is 0 Å². The Morgan fingerprint density at radius 1 is 1.33 bits per heavy atom. The van der Waals surface area contributed by atoms with Gasteiger partial charge in [-0.25, -0.2) is 8.42 Å². The molecule has 1 amide bonds. The molecule has 0 heterocycles. The number of amides is 1. The van der Waals surface area contributed by atoms with Crippen LogP contribution >= 0.6 is 0 Å². The summed E-state index contributed by atoms with van der Waals surface area (Å²) in [4.78, 5) is 11.7. The molecular formula is C12H24N2O3S. The first kappa shape index (κ1) is 15.4. The van der Waals surface area contributed by atoms with Gasteiger partial charge >= 0.3 is 0 Å². The molecule has 0 aromatic heterocycles. The summed E-state index contributed by atoms with van der Waals surface area (Å²) in [6.45, 7) is 2.64. The molecule has 18 heavy (non-hydrogen) atoms. The maximum atomic E-state index is 11.7. The Morgan fingerprint density at radius 3 is 2.44 bits per heavy atom. The lowest BCUT2D eigenvalue weighted by atomic mass is 10.2. The maximum Gasteiger partial charge on any atom is 0.235 e. The molecule has 1 fully saturated rings. The summed E-state index contributed by atoms with van der Waals surface area (Å²) in [6, 6.07) is 0.0110. The molecular weight excluding hydrogens is 252 g/mol. The van der Waals surface area contributed by atoms with Crippen LogP contribution in [-0.4, -0.2) is 44.0 Å². The zero-order chi connectivity index (χ0) is 13.6. The summed E-state index contributed by atoms with van der Waals surface area (Å²) in [6.07, 6.45) is 6.96. The van der Waals surface area contributed by atoms with E-state index in [-0.39, 0.29) is 18.5 Å².